The van der Waals surface area contributed by atoms with Crippen molar-refractivity contribution >= 4 is 43.6 Å². The topological polar surface area (TPSA) is 35.6 Å². The van der Waals surface area contributed by atoms with Gasteiger partial charge in [0.25, 0.3) is 0 Å². The zero-order chi connectivity index (χ0) is 39.8. The molecule has 0 amide bonds. The molecule has 0 aliphatic rings. The Morgan fingerprint density at radius 3 is 1.16 bits per heavy atom. The van der Waals surface area contributed by atoms with Crippen molar-refractivity contribution in [1.82, 2.24) is 19.1 Å². The zero-order valence-corrected chi connectivity index (χ0v) is 34.0. The van der Waals surface area contributed by atoms with E-state index in [1.807, 2.05) is 12.1 Å². The molecule has 0 unspecified atom stereocenters. The average Bonchev–Trinajstić information content (AvgIpc) is 3.75. The van der Waals surface area contributed by atoms with Crippen LogP contribution in [0.25, 0.3) is 88.9 Å². The summed E-state index contributed by atoms with van der Waals surface area (Å²) in [7, 11) is 0. The van der Waals surface area contributed by atoms with Crippen molar-refractivity contribution in [2.24, 2.45) is 0 Å². The first-order valence-electron chi connectivity index (χ1n) is 20.2. The Hall–Kier alpha value is -6.78. The summed E-state index contributed by atoms with van der Waals surface area (Å²) < 4.78 is 4.66. The van der Waals surface area contributed by atoms with Crippen LogP contribution in [0.4, 0.5) is 0 Å². The van der Waals surface area contributed by atoms with Gasteiger partial charge in [-0.05, 0) is 99.8 Å². The van der Waals surface area contributed by atoms with Gasteiger partial charge >= 0.3 is 0 Å². The molecule has 0 spiro atoms. The van der Waals surface area contributed by atoms with Crippen molar-refractivity contribution in [2.45, 2.75) is 52.4 Å². The fourth-order valence-electron chi connectivity index (χ4n) is 8.46. The van der Waals surface area contributed by atoms with Gasteiger partial charge in [0, 0.05) is 38.4 Å². The van der Waals surface area contributed by atoms with E-state index >= 15 is 0 Å². The number of benzene rings is 7. The lowest BCUT2D eigenvalue weighted by Gasteiger charge is -2.19. The summed E-state index contributed by atoms with van der Waals surface area (Å²) in [4.78, 5) is 10.6. The second-order valence-electron chi connectivity index (χ2n) is 17.6. The minimum atomic E-state index is -0.0195. The molecule has 0 atom stereocenters. The van der Waals surface area contributed by atoms with Crippen LogP contribution in [0.5, 0.6) is 0 Å². The normalized spacial score (nSPS) is 12.3. The molecule has 0 N–H and O–H groups in total. The van der Waals surface area contributed by atoms with Crippen LogP contribution in [0, 0.1) is 0 Å². The molecule has 0 fully saturated rings. The van der Waals surface area contributed by atoms with E-state index in [0.29, 0.717) is 5.95 Å². The van der Waals surface area contributed by atoms with E-state index in [4.69, 9.17) is 9.97 Å². The highest BCUT2D eigenvalue weighted by atomic mass is 15.2. The molecule has 3 aromatic heterocycles. The first-order valence-corrected chi connectivity index (χ1v) is 20.2. The van der Waals surface area contributed by atoms with Crippen LogP contribution in [0.15, 0.2) is 170 Å². The van der Waals surface area contributed by atoms with Gasteiger partial charge in [-0.1, -0.05) is 145 Å². The van der Waals surface area contributed by atoms with Crippen molar-refractivity contribution in [1.29, 1.82) is 0 Å². The number of aromatic nitrogens is 4. The molecule has 4 nitrogen and oxygen atoms in total. The third kappa shape index (κ3) is 6.08. The van der Waals surface area contributed by atoms with E-state index < -0.39 is 0 Å². The van der Waals surface area contributed by atoms with Crippen molar-refractivity contribution < 1.29 is 0 Å². The summed E-state index contributed by atoms with van der Waals surface area (Å²) in [5.74, 6) is 0.654. The first-order chi connectivity index (χ1) is 28.0. The van der Waals surface area contributed by atoms with Crippen molar-refractivity contribution in [3.63, 3.8) is 0 Å². The maximum Gasteiger partial charge on any atom is 0.235 e. The number of para-hydroxylation sites is 1. The van der Waals surface area contributed by atoms with Crippen LogP contribution in [0.3, 0.4) is 0 Å². The monoisotopic (exact) mass is 750 g/mol. The lowest BCUT2D eigenvalue weighted by atomic mass is 9.86. The standard InChI is InChI=1S/C54H46N4/c1-53(2,3)39-24-28-49-44(32-39)42-30-37(22-26-48(42)57(49)41-20-14-9-15-21-41)38-23-27-50-43(31-38)45-33-40(54(4,5)6)25-29-51(45)58(50)52-55-46(35-16-10-7-11-17-35)34-47(56-52)36-18-12-8-13-19-36/h7-34H,1-6H3. The fraction of sp³-hybridized carbons (Fsp3) is 0.148. The summed E-state index contributed by atoms with van der Waals surface area (Å²) in [6.45, 7) is 13.7. The minimum absolute atomic E-state index is 0.0195. The van der Waals surface area contributed by atoms with Gasteiger partial charge in [-0.25, -0.2) is 9.97 Å². The van der Waals surface area contributed by atoms with Crippen LogP contribution in [-0.2, 0) is 10.8 Å². The SMILES string of the molecule is CC(C)(C)c1ccc2c(c1)c1cc(-c3ccc4c(c3)c3cc(C(C)(C)C)ccc3n4-c3nc(-c4ccccc4)cc(-c4ccccc4)n3)ccc1n2-c1ccccc1. The van der Waals surface area contributed by atoms with Gasteiger partial charge in [-0.15, -0.1) is 0 Å². The maximum atomic E-state index is 5.29. The van der Waals surface area contributed by atoms with Gasteiger partial charge in [-0.3, -0.25) is 4.57 Å². The van der Waals surface area contributed by atoms with E-state index in [9.17, 15) is 0 Å². The summed E-state index contributed by atoms with van der Waals surface area (Å²) in [5, 5.41) is 4.89. The Morgan fingerprint density at radius 1 is 0.345 bits per heavy atom. The van der Waals surface area contributed by atoms with Gasteiger partial charge in [-0.2, -0.15) is 0 Å². The maximum absolute atomic E-state index is 5.29. The van der Waals surface area contributed by atoms with Gasteiger partial charge in [0.15, 0.2) is 0 Å². The fourth-order valence-corrected chi connectivity index (χ4v) is 8.46. The Morgan fingerprint density at radius 2 is 0.724 bits per heavy atom. The molecule has 0 aliphatic heterocycles. The summed E-state index contributed by atoms with van der Waals surface area (Å²) >= 11 is 0. The molecular weight excluding hydrogens is 705 g/mol. The highest BCUT2D eigenvalue weighted by molar-refractivity contribution is 6.13. The molecule has 282 valence electrons. The van der Waals surface area contributed by atoms with E-state index in [2.05, 4.69) is 208 Å². The lowest BCUT2D eigenvalue weighted by molar-refractivity contribution is 0.591. The Bertz CT molecular complexity index is 3100. The highest BCUT2D eigenvalue weighted by Crippen LogP contribution is 2.40. The predicted octanol–water partition coefficient (Wildman–Crippen LogP) is 14.3. The van der Waals surface area contributed by atoms with Crippen LogP contribution >= 0.6 is 0 Å². The molecule has 3 heterocycles. The summed E-state index contributed by atoms with van der Waals surface area (Å²) in [6.07, 6.45) is 0. The van der Waals surface area contributed by atoms with Crippen LogP contribution < -0.4 is 0 Å². The van der Waals surface area contributed by atoms with Gasteiger partial charge in [0.1, 0.15) is 0 Å². The molecule has 0 aliphatic carbocycles. The van der Waals surface area contributed by atoms with Crippen LogP contribution in [0.2, 0.25) is 0 Å². The number of fused-ring (bicyclic) bond motifs is 6. The minimum Gasteiger partial charge on any atom is -0.309 e. The molecule has 7 aromatic carbocycles. The largest absolute Gasteiger partial charge is 0.309 e. The lowest BCUT2D eigenvalue weighted by Crippen LogP contribution is -2.10. The number of hydrogen-bond acceptors (Lipinski definition) is 2. The van der Waals surface area contributed by atoms with Crippen molar-refractivity contribution in [3.05, 3.63) is 181 Å². The van der Waals surface area contributed by atoms with E-state index in [1.54, 1.807) is 0 Å². The quantitative estimate of drug-likeness (QED) is 0.176. The molecule has 10 aromatic rings. The predicted molar refractivity (Wildman–Crippen MR) is 244 cm³/mol. The molecule has 0 bridgehead atoms. The van der Waals surface area contributed by atoms with E-state index in [1.165, 1.54) is 54.8 Å². The second kappa shape index (κ2) is 13.4. The molecule has 0 saturated heterocycles. The highest BCUT2D eigenvalue weighted by Gasteiger charge is 2.22. The summed E-state index contributed by atoms with van der Waals surface area (Å²) in [5.41, 5.74) is 14.6. The van der Waals surface area contributed by atoms with Crippen LogP contribution in [0.1, 0.15) is 52.7 Å². The number of hydrogen-bond donors (Lipinski definition) is 0. The van der Waals surface area contributed by atoms with E-state index in [-0.39, 0.29) is 10.8 Å². The molecule has 10 rings (SSSR count). The molecular formula is C54H46N4. The van der Waals surface area contributed by atoms with Crippen molar-refractivity contribution in [3.8, 4) is 45.3 Å². The number of rotatable bonds is 5. The van der Waals surface area contributed by atoms with Crippen molar-refractivity contribution in [2.75, 3.05) is 0 Å². The third-order valence-corrected chi connectivity index (χ3v) is 11.7. The molecule has 4 heteroatoms. The number of nitrogens with zero attached hydrogens (tertiary/aromatic N) is 4. The van der Waals surface area contributed by atoms with E-state index in [0.717, 1.165) is 39.2 Å². The zero-order valence-electron chi connectivity index (χ0n) is 34.0. The third-order valence-electron chi connectivity index (χ3n) is 11.7. The molecule has 0 radical (unpaired) electrons. The Balaban J connectivity index is 1.21. The Labute approximate surface area is 340 Å². The summed E-state index contributed by atoms with van der Waals surface area (Å²) in [6, 6.07) is 61.4. The smallest absolute Gasteiger partial charge is 0.235 e. The Kier molecular flexibility index (Phi) is 8.24. The second-order valence-corrected chi connectivity index (χ2v) is 17.6. The first kappa shape index (κ1) is 35.6. The molecule has 0 saturated carbocycles. The van der Waals surface area contributed by atoms with Crippen LogP contribution in [-0.4, -0.2) is 19.1 Å². The molecule has 58 heavy (non-hydrogen) atoms. The van der Waals surface area contributed by atoms with Gasteiger partial charge in [0.05, 0.1) is 33.5 Å². The van der Waals surface area contributed by atoms with Gasteiger partial charge < -0.3 is 4.57 Å². The average molecular weight is 751 g/mol. The van der Waals surface area contributed by atoms with Gasteiger partial charge in [0.2, 0.25) is 5.95 Å².